The van der Waals surface area contributed by atoms with Gasteiger partial charge in [-0.15, -0.1) is 0 Å². The van der Waals surface area contributed by atoms with E-state index >= 15 is 0 Å². The van der Waals surface area contributed by atoms with Crippen LogP contribution in [0.1, 0.15) is 30.9 Å². The van der Waals surface area contributed by atoms with E-state index in [0.717, 1.165) is 0 Å². The lowest BCUT2D eigenvalue weighted by molar-refractivity contribution is -0.143. The van der Waals surface area contributed by atoms with Gasteiger partial charge in [0.05, 0.1) is 11.7 Å². The topological polar surface area (TPSA) is 74.7 Å². The van der Waals surface area contributed by atoms with Gasteiger partial charge in [0, 0.05) is 12.6 Å². The highest BCUT2D eigenvalue weighted by Gasteiger charge is 2.36. The van der Waals surface area contributed by atoms with Crippen LogP contribution < -0.4 is 0 Å². The number of carboxylic acids is 1. The van der Waals surface area contributed by atoms with Crippen molar-refractivity contribution in [2.45, 2.75) is 38.5 Å². The zero-order chi connectivity index (χ0) is 16.5. The van der Waals surface area contributed by atoms with Crippen molar-refractivity contribution in [3.05, 3.63) is 35.1 Å². The number of halogens is 1. The van der Waals surface area contributed by atoms with E-state index in [1.165, 1.54) is 10.4 Å². The minimum absolute atomic E-state index is 0.0207. The van der Waals surface area contributed by atoms with Crippen molar-refractivity contribution in [3.8, 4) is 0 Å². The maximum absolute atomic E-state index is 13.6. The van der Waals surface area contributed by atoms with Crippen LogP contribution in [0.25, 0.3) is 0 Å². The van der Waals surface area contributed by atoms with Gasteiger partial charge in [-0.3, -0.25) is 4.79 Å². The van der Waals surface area contributed by atoms with Gasteiger partial charge in [-0.2, -0.15) is 4.31 Å². The van der Waals surface area contributed by atoms with Crippen LogP contribution in [0.3, 0.4) is 0 Å². The molecule has 122 valence electrons. The Hall–Kier alpha value is -1.47. The summed E-state index contributed by atoms with van der Waals surface area (Å²) in [4.78, 5) is 11.1. The molecule has 1 fully saturated rings. The minimum atomic E-state index is -3.68. The van der Waals surface area contributed by atoms with Gasteiger partial charge in [-0.05, 0) is 43.9 Å². The number of sulfonamides is 1. The monoisotopic (exact) mass is 329 g/mol. The molecule has 1 heterocycles. The summed E-state index contributed by atoms with van der Waals surface area (Å²) >= 11 is 0. The molecular weight excluding hydrogens is 309 g/mol. The largest absolute Gasteiger partial charge is 0.481 e. The molecule has 5 nitrogen and oxygen atoms in total. The molecule has 0 saturated carbocycles. The van der Waals surface area contributed by atoms with Crippen molar-refractivity contribution in [1.82, 2.24) is 4.31 Å². The van der Waals surface area contributed by atoms with Gasteiger partial charge in [0.25, 0.3) is 0 Å². The molecule has 1 aliphatic heterocycles. The van der Waals surface area contributed by atoms with Crippen LogP contribution in [0.2, 0.25) is 0 Å². The zero-order valence-corrected chi connectivity index (χ0v) is 13.4. The van der Waals surface area contributed by atoms with E-state index in [9.17, 15) is 17.6 Å². The summed E-state index contributed by atoms with van der Waals surface area (Å²) in [5.41, 5.74) is 0.825. The van der Waals surface area contributed by atoms with Crippen LogP contribution in [0.4, 0.5) is 4.39 Å². The average molecular weight is 329 g/mol. The van der Waals surface area contributed by atoms with Crippen LogP contribution >= 0.6 is 0 Å². The summed E-state index contributed by atoms with van der Waals surface area (Å²) in [5.74, 6) is -2.42. The van der Waals surface area contributed by atoms with Crippen molar-refractivity contribution in [2.75, 3.05) is 6.54 Å². The maximum Gasteiger partial charge on any atom is 0.307 e. The molecule has 1 aliphatic rings. The highest BCUT2D eigenvalue weighted by molar-refractivity contribution is 7.88. The molecule has 0 bridgehead atoms. The third-order valence-electron chi connectivity index (χ3n) is 4.12. The van der Waals surface area contributed by atoms with Gasteiger partial charge >= 0.3 is 5.97 Å². The van der Waals surface area contributed by atoms with Crippen LogP contribution in [-0.2, 0) is 20.6 Å². The van der Waals surface area contributed by atoms with Crippen LogP contribution in [0.15, 0.2) is 18.2 Å². The summed E-state index contributed by atoms with van der Waals surface area (Å²) in [7, 11) is -3.68. The fraction of sp³-hybridized carbons (Fsp3) is 0.533. The van der Waals surface area contributed by atoms with Crippen LogP contribution in [0, 0.1) is 18.7 Å². The van der Waals surface area contributed by atoms with Gasteiger partial charge in [0.2, 0.25) is 10.0 Å². The Bertz CT molecular complexity index is 674. The van der Waals surface area contributed by atoms with E-state index in [1.807, 2.05) is 0 Å². The molecule has 0 aromatic heterocycles. The number of aliphatic carboxylic acids is 1. The van der Waals surface area contributed by atoms with Gasteiger partial charge < -0.3 is 5.11 Å². The Morgan fingerprint density at radius 2 is 2.09 bits per heavy atom. The standard InChI is InChI=1S/C15H20FNO4S/c1-10-3-5-12(7-14(10)16)9-22(20,21)17-8-13(15(18)19)6-4-11(17)2/h3,5,7,11,13H,4,6,8-9H2,1-2H3,(H,18,19). The molecule has 0 radical (unpaired) electrons. The molecule has 22 heavy (non-hydrogen) atoms. The lowest BCUT2D eigenvalue weighted by Gasteiger charge is -2.35. The zero-order valence-electron chi connectivity index (χ0n) is 12.6. The maximum atomic E-state index is 13.6. The van der Waals surface area contributed by atoms with Crippen LogP contribution in [0.5, 0.6) is 0 Å². The average Bonchev–Trinajstić information content (AvgIpc) is 2.42. The number of rotatable bonds is 4. The quantitative estimate of drug-likeness (QED) is 0.918. The van der Waals surface area contributed by atoms with E-state index in [0.29, 0.717) is 24.0 Å². The highest BCUT2D eigenvalue weighted by atomic mass is 32.2. The van der Waals surface area contributed by atoms with Crippen molar-refractivity contribution >= 4 is 16.0 Å². The number of hydrogen-bond donors (Lipinski definition) is 1. The SMILES string of the molecule is Cc1ccc(CS(=O)(=O)N2CC(C(=O)O)CCC2C)cc1F. The van der Waals surface area contributed by atoms with E-state index in [1.54, 1.807) is 26.0 Å². The van der Waals surface area contributed by atoms with Gasteiger partial charge in [-0.1, -0.05) is 12.1 Å². The Morgan fingerprint density at radius 1 is 1.41 bits per heavy atom. The number of carboxylic acid groups (broad SMARTS) is 1. The second-order valence-electron chi connectivity index (χ2n) is 5.87. The number of benzene rings is 1. The van der Waals surface area contributed by atoms with E-state index in [2.05, 4.69) is 0 Å². The van der Waals surface area contributed by atoms with E-state index in [4.69, 9.17) is 5.11 Å². The number of nitrogens with zero attached hydrogens (tertiary/aromatic N) is 1. The summed E-state index contributed by atoms with van der Waals surface area (Å²) in [6, 6.07) is 4.10. The molecule has 2 unspecified atom stereocenters. The summed E-state index contributed by atoms with van der Waals surface area (Å²) in [6.45, 7) is 3.36. The van der Waals surface area contributed by atoms with E-state index < -0.39 is 27.7 Å². The summed E-state index contributed by atoms with van der Waals surface area (Å²) in [6.07, 6.45) is 0.986. The summed E-state index contributed by atoms with van der Waals surface area (Å²) in [5, 5.41) is 9.09. The third kappa shape index (κ3) is 3.64. The molecule has 1 N–H and O–H groups in total. The van der Waals surface area contributed by atoms with Crippen molar-refractivity contribution in [3.63, 3.8) is 0 Å². The predicted octanol–water partition coefficient (Wildman–Crippen LogP) is 2.15. The molecule has 2 rings (SSSR count). The Labute approximate surface area is 129 Å². The highest BCUT2D eigenvalue weighted by Crippen LogP contribution is 2.26. The first kappa shape index (κ1) is 16.9. The number of piperidine rings is 1. The van der Waals surface area contributed by atoms with E-state index in [-0.39, 0.29) is 18.3 Å². The number of aryl methyl sites for hydroxylation is 1. The first-order valence-corrected chi connectivity index (χ1v) is 8.79. The lowest BCUT2D eigenvalue weighted by atomic mass is 9.96. The van der Waals surface area contributed by atoms with Gasteiger partial charge in [0.1, 0.15) is 5.82 Å². The Balaban J connectivity index is 2.20. The second kappa shape index (κ2) is 6.34. The molecule has 1 aromatic carbocycles. The fourth-order valence-electron chi connectivity index (χ4n) is 2.68. The molecule has 1 saturated heterocycles. The molecule has 7 heteroatoms. The second-order valence-corrected chi connectivity index (χ2v) is 7.79. The number of hydrogen-bond acceptors (Lipinski definition) is 3. The number of carbonyl (C=O) groups is 1. The van der Waals surface area contributed by atoms with Gasteiger partial charge in [-0.25, -0.2) is 12.8 Å². The summed E-state index contributed by atoms with van der Waals surface area (Å²) < 4.78 is 39.9. The van der Waals surface area contributed by atoms with Gasteiger partial charge in [0.15, 0.2) is 0 Å². The normalized spacial score (nSPS) is 23.4. The fourth-order valence-corrected chi connectivity index (χ4v) is 4.51. The molecule has 0 aliphatic carbocycles. The van der Waals surface area contributed by atoms with Crippen LogP contribution in [-0.4, -0.2) is 36.4 Å². The Kier molecular flexibility index (Phi) is 4.87. The first-order valence-electron chi connectivity index (χ1n) is 7.18. The lowest BCUT2D eigenvalue weighted by Crippen LogP contribution is -2.47. The Morgan fingerprint density at radius 3 is 2.68 bits per heavy atom. The smallest absolute Gasteiger partial charge is 0.307 e. The molecule has 0 amide bonds. The molecule has 1 aromatic rings. The predicted molar refractivity (Wildman–Crippen MR) is 80.3 cm³/mol. The molecule has 2 atom stereocenters. The molecular formula is C15H20FNO4S. The van der Waals surface area contributed by atoms with Crippen molar-refractivity contribution in [1.29, 1.82) is 0 Å². The van der Waals surface area contributed by atoms with Crippen molar-refractivity contribution in [2.24, 2.45) is 5.92 Å². The first-order chi connectivity index (χ1) is 10.2. The molecule has 0 spiro atoms. The third-order valence-corrected chi connectivity index (χ3v) is 6.04. The minimum Gasteiger partial charge on any atom is -0.481 e. The van der Waals surface area contributed by atoms with Crippen molar-refractivity contribution < 1.29 is 22.7 Å².